The standard InChI is InChI=1S/C11H18ClNO2/c12-9-10(14)13-6-4-11(5-7-13)3-1-2-8-15-11/h1-9H2. The molecular weight excluding hydrogens is 214 g/mol. The maximum atomic E-state index is 11.4. The number of piperidine rings is 1. The highest BCUT2D eigenvalue weighted by atomic mass is 35.5. The molecule has 0 saturated carbocycles. The molecule has 4 heteroatoms. The van der Waals surface area contributed by atoms with Crippen molar-refractivity contribution in [3.05, 3.63) is 0 Å². The van der Waals surface area contributed by atoms with E-state index < -0.39 is 0 Å². The van der Waals surface area contributed by atoms with Crippen molar-refractivity contribution in [1.82, 2.24) is 4.90 Å². The highest BCUT2D eigenvalue weighted by Gasteiger charge is 2.37. The number of hydrogen-bond acceptors (Lipinski definition) is 2. The molecule has 86 valence electrons. The number of nitrogens with zero attached hydrogens (tertiary/aromatic N) is 1. The van der Waals surface area contributed by atoms with Gasteiger partial charge in [0.2, 0.25) is 5.91 Å². The van der Waals surface area contributed by atoms with E-state index in [-0.39, 0.29) is 17.4 Å². The van der Waals surface area contributed by atoms with Gasteiger partial charge in [0.25, 0.3) is 0 Å². The number of alkyl halides is 1. The predicted molar refractivity (Wildman–Crippen MR) is 59.1 cm³/mol. The maximum Gasteiger partial charge on any atom is 0.237 e. The molecular formula is C11H18ClNO2. The molecule has 0 aromatic rings. The molecule has 2 aliphatic rings. The van der Waals surface area contributed by atoms with Crippen LogP contribution in [0, 0.1) is 0 Å². The molecule has 0 aromatic carbocycles. The topological polar surface area (TPSA) is 29.5 Å². The number of amides is 1. The lowest BCUT2D eigenvalue weighted by Crippen LogP contribution is -2.49. The van der Waals surface area contributed by atoms with E-state index in [4.69, 9.17) is 16.3 Å². The van der Waals surface area contributed by atoms with Gasteiger partial charge in [-0.3, -0.25) is 4.79 Å². The van der Waals surface area contributed by atoms with Crippen LogP contribution in [0.1, 0.15) is 32.1 Å². The Hall–Kier alpha value is -0.280. The summed E-state index contributed by atoms with van der Waals surface area (Å²) >= 11 is 5.54. The quantitative estimate of drug-likeness (QED) is 0.644. The van der Waals surface area contributed by atoms with Crippen molar-refractivity contribution in [3.63, 3.8) is 0 Å². The maximum absolute atomic E-state index is 11.4. The summed E-state index contributed by atoms with van der Waals surface area (Å²) in [6, 6.07) is 0. The highest BCUT2D eigenvalue weighted by Crippen LogP contribution is 2.34. The van der Waals surface area contributed by atoms with Crippen molar-refractivity contribution >= 4 is 17.5 Å². The van der Waals surface area contributed by atoms with Gasteiger partial charge in [-0.05, 0) is 32.1 Å². The largest absolute Gasteiger partial charge is 0.375 e. The smallest absolute Gasteiger partial charge is 0.237 e. The normalized spacial score (nSPS) is 25.5. The average Bonchev–Trinajstić information content (AvgIpc) is 2.30. The number of carbonyl (C=O) groups is 1. The van der Waals surface area contributed by atoms with Crippen molar-refractivity contribution in [2.45, 2.75) is 37.7 Å². The molecule has 2 aliphatic heterocycles. The van der Waals surface area contributed by atoms with Crippen LogP contribution in [0.4, 0.5) is 0 Å². The zero-order valence-electron chi connectivity index (χ0n) is 9.01. The van der Waals surface area contributed by atoms with Gasteiger partial charge in [0.15, 0.2) is 0 Å². The molecule has 0 atom stereocenters. The highest BCUT2D eigenvalue weighted by molar-refractivity contribution is 6.27. The fraction of sp³-hybridized carbons (Fsp3) is 0.909. The third-order valence-electron chi connectivity index (χ3n) is 3.58. The Balaban J connectivity index is 1.88. The van der Waals surface area contributed by atoms with E-state index in [0.29, 0.717) is 0 Å². The van der Waals surface area contributed by atoms with Gasteiger partial charge in [-0.1, -0.05) is 0 Å². The number of hydrogen-bond donors (Lipinski definition) is 0. The first-order valence-electron chi connectivity index (χ1n) is 5.73. The van der Waals surface area contributed by atoms with Gasteiger partial charge in [-0.15, -0.1) is 11.6 Å². The second-order valence-corrected chi connectivity index (χ2v) is 4.77. The number of ether oxygens (including phenoxy) is 1. The van der Waals surface area contributed by atoms with E-state index in [1.165, 1.54) is 12.8 Å². The zero-order chi connectivity index (χ0) is 10.7. The van der Waals surface area contributed by atoms with Gasteiger partial charge in [0.1, 0.15) is 5.88 Å². The number of rotatable bonds is 1. The van der Waals surface area contributed by atoms with E-state index in [1.54, 1.807) is 0 Å². The zero-order valence-corrected chi connectivity index (χ0v) is 9.76. The van der Waals surface area contributed by atoms with Crippen molar-refractivity contribution in [3.8, 4) is 0 Å². The third kappa shape index (κ3) is 2.45. The first-order valence-corrected chi connectivity index (χ1v) is 6.27. The SMILES string of the molecule is O=C(CCl)N1CCC2(CCCCO2)CC1. The van der Waals surface area contributed by atoms with Crippen molar-refractivity contribution in [2.75, 3.05) is 25.6 Å². The molecule has 2 heterocycles. The molecule has 0 radical (unpaired) electrons. The van der Waals surface area contributed by atoms with Crippen LogP contribution in [0.5, 0.6) is 0 Å². The minimum Gasteiger partial charge on any atom is -0.375 e. The number of likely N-dealkylation sites (tertiary alicyclic amines) is 1. The molecule has 3 nitrogen and oxygen atoms in total. The molecule has 2 rings (SSSR count). The second-order valence-electron chi connectivity index (χ2n) is 4.50. The summed E-state index contributed by atoms with van der Waals surface area (Å²) in [6.45, 7) is 2.51. The minimum atomic E-state index is 0.0577. The summed E-state index contributed by atoms with van der Waals surface area (Å²) in [7, 11) is 0. The van der Waals surface area contributed by atoms with Crippen molar-refractivity contribution in [1.29, 1.82) is 0 Å². The minimum absolute atomic E-state index is 0.0577. The number of carbonyl (C=O) groups excluding carboxylic acids is 1. The van der Waals surface area contributed by atoms with Gasteiger partial charge >= 0.3 is 0 Å². The summed E-state index contributed by atoms with van der Waals surface area (Å²) in [5.41, 5.74) is 0.0847. The second kappa shape index (κ2) is 4.71. The molecule has 1 amide bonds. The Morgan fingerprint density at radius 3 is 2.53 bits per heavy atom. The molecule has 0 bridgehead atoms. The van der Waals surface area contributed by atoms with Crippen molar-refractivity contribution in [2.24, 2.45) is 0 Å². The van der Waals surface area contributed by atoms with Gasteiger partial charge in [-0.2, -0.15) is 0 Å². The molecule has 2 saturated heterocycles. The summed E-state index contributed by atoms with van der Waals surface area (Å²) < 4.78 is 5.90. The van der Waals surface area contributed by atoms with Crippen LogP contribution in [-0.2, 0) is 9.53 Å². The fourth-order valence-corrected chi connectivity index (χ4v) is 2.72. The summed E-state index contributed by atoms with van der Waals surface area (Å²) in [5, 5.41) is 0. The van der Waals surface area contributed by atoms with E-state index in [9.17, 15) is 4.79 Å². The summed E-state index contributed by atoms with van der Waals surface area (Å²) in [6.07, 6.45) is 5.58. The lowest BCUT2D eigenvalue weighted by atomic mass is 9.84. The van der Waals surface area contributed by atoms with E-state index >= 15 is 0 Å². The Morgan fingerprint density at radius 1 is 1.27 bits per heavy atom. The average molecular weight is 232 g/mol. The van der Waals surface area contributed by atoms with E-state index in [0.717, 1.165) is 39.0 Å². The van der Waals surface area contributed by atoms with Gasteiger partial charge in [0, 0.05) is 19.7 Å². The van der Waals surface area contributed by atoms with Crippen LogP contribution in [0.3, 0.4) is 0 Å². The molecule has 0 N–H and O–H groups in total. The molecule has 0 unspecified atom stereocenters. The van der Waals surface area contributed by atoms with Gasteiger partial charge < -0.3 is 9.64 Å². The Kier molecular flexibility index (Phi) is 3.52. The monoisotopic (exact) mass is 231 g/mol. The van der Waals surface area contributed by atoms with Crippen LogP contribution in [0.2, 0.25) is 0 Å². The first kappa shape index (κ1) is 11.2. The Labute approximate surface area is 95.7 Å². The Morgan fingerprint density at radius 2 is 2.00 bits per heavy atom. The fourth-order valence-electron chi connectivity index (χ4n) is 2.55. The summed E-state index contributed by atoms with van der Waals surface area (Å²) in [5.74, 6) is 0.163. The van der Waals surface area contributed by atoms with Crippen LogP contribution in [-0.4, -0.2) is 42.0 Å². The molecule has 15 heavy (non-hydrogen) atoms. The third-order valence-corrected chi connectivity index (χ3v) is 3.81. The molecule has 0 aliphatic carbocycles. The van der Waals surface area contributed by atoms with Crippen LogP contribution in [0.15, 0.2) is 0 Å². The Bertz CT molecular complexity index is 229. The van der Waals surface area contributed by atoms with Crippen LogP contribution < -0.4 is 0 Å². The van der Waals surface area contributed by atoms with Crippen molar-refractivity contribution < 1.29 is 9.53 Å². The van der Waals surface area contributed by atoms with Gasteiger partial charge in [0.05, 0.1) is 5.60 Å². The lowest BCUT2D eigenvalue weighted by Gasteiger charge is -2.43. The number of halogens is 1. The van der Waals surface area contributed by atoms with Gasteiger partial charge in [-0.25, -0.2) is 0 Å². The molecule has 1 spiro atoms. The van der Waals surface area contributed by atoms with E-state index in [2.05, 4.69) is 0 Å². The lowest BCUT2D eigenvalue weighted by molar-refractivity contribution is -0.140. The van der Waals surface area contributed by atoms with Crippen LogP contribution in [0.25, 0.3) is 0 Å². The predicted octanol–water partition coefficient (Wildman–Crippen LogP) is 1.79. The first-order chi connectivity index (χ1) is 7.26. The summed E-state index contributed by atoms with van der Waals surface area (Å²) in [4.78, 5) is 13.2. The van der Waals surface area contributed by atoms with E-state index in [1.807, 2.05) is 4.90 Å². The molecule has 0 aromatic heterocycles. The molecule has 2 fully saturated rings. The van der Waals surface area contributed by atoms with Crippen LogP contribution >= 0.6 is 11.6 Å².